The van der Waals surface area contributed by atoms with E-state index in [0.717, 1.165) is 5.56 Å². The van der Waals surface area contributed by atoms with Gasteiger partial charge in [0.25, 0.3) is 0 Å². The molecule has 4 rings (SSSR count). The molecule has 3 aromatic carbocycles. The molecule has 6 heteroatoms. The van der Waals surface area contributed by atoms with Crippen molar-refractivity contribution in [3.05, 3.63) is 99.0 Å². The third-order valence-corrected chi connectivity index (χ3v) is 4.82. The van der Waals surface area contributed by atoms with Gasteiger partial charge in [-0.2, -0.15) is 0 Å². The fourth-order valence-electron chi connectivity index (χ4n) is 2.78. The van der Waals surface area contributed by atoms with E-state index in [1.165, 1.54) is 18.2 Å². The number of ether oxygens (including phenoxy) is 2. The van der Waals surface area contributed by atoms with Crippen LogP contribution in [0.2, 0.25) is 10.0 Å². The van der Waals surface area contributed by atoms with Crippen LogP contribution < -0.4 is 9.47 Å². The van der Waals surface area contributed by atoms with Crippen molar-refractivity contribution in [3.63, 3.8) is 0 Å². The Balaban J connectivity index is 1.54. The molecule has 0 aromatic heterocycles. The summed E-state index contributed by atoms with van der Waals surface area (Å²) in [4.78, 5) is 12.5. The second-order valence-electron chi connectivity index (χ2n) is 6.15. The van der Waals surface area contributed by atoms with E-state index in [1.54, 1.807) is 36.4 Å². The Morgan fingerprint density at radius 2 is 1.82 bits per heavy atom. The first-order chi connectivity index (χ1) is 13.5. The maximum absolute atomic E-state index is 14.0. The molecule has 0 saturated carbocycles. The number of halogens is 3. The lowest BCUT2D eigenvalue weighted by Gasteiger charge is -2.07. The highest BCUT2D eigenvalue weighted by Gasteiger charge is 2.28. The molecule has 1 heterocycles. The number of hydrogen-bond donors (Lipinski definition) is 0. The van der Waals surface area contributed by atoms with Crippen molar-refractivity contribution >= 4 is 35.1 Å². The average molecular weight is 415 g/mol. The van der Waals surface area contributed by atoms with E-state index in [9.17, 15) is 9.18 Å². The lowest BCUT2D eigenvalue weighted by atomic mass is 10.1. The Morgan fingerprint density at radius 3 is 2.57 bits per heavy atom. The quantitative estimate of drug-likeness (QED) is 0.468. The Labute approximate surface area is 170 Å². The summed E-state index contributed by atoms with van der Waals surface area (Å²) in [5.41, 5.74) is 1.45. The number of benzene rings is 3. The van der Waals surface area contributed by atoms with E-state index >= 15 is 0 Å². The van der Waals surface area contributed by atoms with Crippen molar-refractivity contribution in [3.8, 4) is 11.5 Å². The molecule has 140 valence electrons. The van der Waals surface area contributed by atoms with E-state index in [1.807, 2.05) is 12.1 Å². The molecule has 0 amide bonds. The van der Waals surface area contributed by atoms with Gasteiger partial charge < -0.3 is 9.47 Å². The second-order valence-corrected chi connectivity index (χ2v) is 6.99. The van der Waals surface area contributed by atoms with E-state index in [4.69, 9.17) is 32.7 Å². The number of fused-ring (bicyclic) bond motifs is 1. The first kappa shape index (κ1) is 18.5. The van der Waals surface area contributed by atoms with Crippen LogP contribution in [0.1, 0.15) is 21.5 Å². The van der Waals surface area contributed by atoms with Crippen molar-refractivity contribution < 1.29 is 18.7 Å². The largest absolute Gasteiger partial charge is 0.489 e. The summed E-state index contributed by atoms with van der Waals surface area (Å²) in [5.74, 6) is 0.0544. The number of ketones is 1. The molecule has 0 radical (unpaired) electrons. The Morgan fingerprint density at radius 1 is 1.04 bits per heavy atom. The van der Waals surface area contributed by atoms with Crippen LogP contribution in [0.25, 0.3) is 6.08 Å². The topological polar surface area (TPSA) is 35.5 Å². The van der Waals surface area contributed by atoms with Crippen LogP contribution in [0.15, 0.2) is 66.4 Å². The lowest BCUT2D eigenvalue weighted by Crippen LogP contribution is -1.99. The molecule has 0 fully saturated rings. The van der Waals surface area contributed by atoms with Gasteiger partial charge in [0.05, 0.1) is 10.6 Å². The number of allylic oxidation sites excluding steroid dienone is 1. The third-order valence-electron chi connectivity index (χ3n) is 4.24. The molecule has 0 N–H and O–H groups in total. The summed E-state index contributed by atoms with van der Waals surface area (Å²) in [5, 5.41) is 0.856. The molecule has 3 nitrogen and oxygen atoms in total. The molecule has 0 saturated heterocycles. The van der Waals surface area contributed by atoms with Crippen molar-refractivity contribution in [2.45, 2.75) is 6.61 Å². The summed E-state index contributed by atoms with van der Waals surface area (Å²) >= 11 is 11.9. The molecular formula is C22H13Cl2FO3. The van der Waals surface area contributed by atoms with Gasteiger partial charge in [-0.3, -0.25) is 4.79 Å². The van der Waals surface area contributed by atoms with Crippen LogP contribution in [-0.2, 0) is 6.61 Å². The molecule has 3 aromatic rings. The van der Waals surface area contributed by atoms with Gasteiger partial charge in [-0.15, -0.1) is 0 Å². The zero-order valence-electron chi connectivity index (χ0n) is 14.4. The van der Waals surface area contributed by atoms with Gasteiger partial charge in [0.1, 0.15) is 23.9 Å². The summed E-state index contributed by atoms with van der Waals surface area (Å²) in [6, 6.07) is 16.6. The predicted octanol–water partition coefficient (Wildman–Crippen LogP) is 6.33. The predicted molar refractivity (Wildman–Crippen MR) is 107 cm³/mol. The van der Waals surface area contributed by atoms with Crippen molar-refractivity contribution in [1.82, 2.24) is 0 Å². The third kappa shape index (κ3) is 3.75. The van der Waals surface area contributed by atoms with Crippen LogP contribution in [0.5, 0.6) is 11.5 Å². The number of rotatable bonds is 4. The SMILES string of the molecule is O=C1C(=Cc2c(F)cccc2Cl)Oc2cc(OCc3ccc(Cl)cc3)ccc21. The monoisotopic (exact) mass is 414 g/mol. The van der Waals surface area contributed by atoms with Crippen LogP contribution in [0, 0.1) is 5.82 Å². The standard InChI is InChI=1S/C22H13Cl2FO3/c23-14-6-4-13(5-7-14)12-27-15-8-9-16-20(10-15)28-21(22(16)26)11-17-18(24)2-1-3-19(17)25/h1-11H,12H2. The van der Waals surface area contributed by atoms with Gasteiger partial charge in [-0.25, -0.2) is 4.39 Å². The molecule has 28 heavy (non-hydrogen) atoms. The van der Waals surface area contributed by atoms with E-state index in [0.29, 0.717) is 28.7 Å². The molecule has 1 aliphatic rings. The normalized spacial score (nSPS) is 14.1. The molecule has 0 bridgehead atoms. The molecule has 0 atom stereocenters. The highest BCUT2D eigenvalue weighted by molar-refractivity contribution is 6.32. The first-order valence-electron chi connectivity index (χ1n) is 8.41. The highest BCUT2D eigenvalue weighted by Crippen LogP contribution is 2.36. The fraction of sp³-hybridized carbons (Fsp3) is 0.0455. The molecular weight excluding hydrogens is 402 g/mol. The summed E-state index contributed by atoms with van der Waals surface area (Å²) in [7, 11) is 0. The van der Waals surface area contributed by atoms with Gasteiger partial charge in [-0.1, -0.05) is 41.4 Å². The molecule has 1 aliphatic heterocycles. The Kier molecular flexibility index (Phi) is 5.07. The van der Waals surface area contributed by atoms with E-state index < -0.39 is 5.82 Å². The van der Waals surface area contributed by atoms with Gasteiger partial charge in [-0.05, 0) is 48.0 Å². The zero-order valence-corrected chi connectivity index (χ0v) is 15.9. The van der Waals surface area contributed by atoms with Crippen LogP contribution in [-0.4, -0.2) is 5.78 Å². The number of carbonyl (C=O) groups excluding carboxylic acids is 1. The minimum atomic E-state index is -0.528. The van der Waals surface area contributed by atoms with Gasteiger partial charge in [0.15, 0.2) is 5.76 Å². The van der Waals surface area contributed by atoms with Crippen molar-refractivity contribution in [2.24, 2.45) is 0 Å². The molecule has 0 unspecified atom stereocenters. The Bertz CT molecular complexity index is 1070. The highest BCUT2D eigenvalue weighted by atomic mass is 35.5. The van der Waals surface area contributed by atoms with Gasteiger partial charge in [0, 0.05) is 16.7 Å². The minimum Gasteiger partial charge on any atom is -0.489 e. The maximum Gasteiger partial charge on any atom is 0.231 e. The zero-order chi connectivity index (χ0) is 19.7. The Hall–Kier alpha value is -2.82. The summed E-state index contributed by atoms with van der Waals surface area (Å²) < 4.78 is 25.4. The van der Waals surface area contributed by atoms with E-state index in [-0.39, 0.29) is 22.1 Å². The maximum atomic E-state index is 14.0. The number of carbonyl (C=O) groups is 1. The van der Waals surface area contributed by atoms with E-state index in [2.05, 4.69) is 0 Å². The minimum absolute atomic E-state index is 0.0110. The van der Waals surface area contributed by atoms with Crippen LogP contribution in [0.4, 0.5) is 4.39 Å². The number of Topliss-reactive ketones (excluding diaryl/α,β-unsaturated/α-hetero) is 1. The number of hydrogen-bond acceptors (Lipinski definition) is 3. The van der Waals surface area contributed by atoms with Gasteiger partial charge in [0.2, 0.25) is 5.78 Å². The smallest absolute Gasteiger partial charge is 0.231 e. The molecule has 0 spiro atoms. The fourth-order valence-corrected chi connectivity index (χ4v) is 3.13. The summed E-state index contributed by atoms with van der Waals surface area (Å²) in [6.07, 6.45) is 1.31. The summed E-state index contributed by atoms with van der Waals surface area (Å²) in [6.45, 7) is 0.345. The first-order valence-corrected chi connectivity index (χ1v) is 9.16. The van der Waals surface area contributed by atoms with Gasteiger partial charge >= 0.3 is 0 Å². The molecule has 0 aliphatic carbocycles. The second kappa shape index (κ2) is 7.66. The van der Waals surface area contributed by atoms with Crippen LogP contribution in [0.3, 0.4) is 0 Å². The van der Waals surface area contributed by atoms with Crippen molar-refractivity contribution in [2.75, 3.05) is 0 Å². The van der Waals surface area contributed by atoms with Crippen molar-refractivity contribution in [1.29, 1.82) is 0 Å². The average Bonchev–Trinajstić information content (AvgIpc) is 2.99. The lowest BCUT2D eigenvalue weighted by molar-refractivity contribution is 0.101. The van der Waals surface area contributed by atoms with Crippen LogP contribution >= 0.6 is 23.2 Å².